The molecular weight excluding hydrogens is 490 g/mol. The summed E-state index contributed by atoms with van der Waals surface area (Å²) >= 11 is 0. The molecule has 1 N–H and O–H groups in total. The molecule has 2 aromatic heterocycles. The number of hydrogen-bond donors (Lipinski definition) is 1. The molecule has 0 unspecified atom stereocenters. The van der Waals surface area contributed by atoms with Crippen LogP contribution in [-0.4, -0.2) is 77.8 Å². The number of rotatable bonds is 7. The van der Waals surface area contributed by atoms with Crippen LogP contribution in [0.15, 0.2) is 65.8 Å². The fourth-order valence-corrected chi connectivity index (χ4v) is 5.45. The monoisotopic (exact) mass is 525 g/mol. The highest BCUT2D eigenvalue weighted by atomic mass is 16.5. The van der Waals surface area contributed by atoms with E-state index in [1.54, 1.807) is 12.5 Å². The average molecular weight is 526 g/mol. The maximum atomic E-state index is 12.8. The Kier molecular flexibility index (Phi) is 7.40. The highest BCUT2D eigenvalue weighted by molar-refractivity contribution is 5.90. The van der Waals surface area contributed by atoms with Crippen molar-refractivity contribution in [2.24, 2.45) is 5.92 Å². The van der Waals surface area contributed by atoms with E-state index in [-0.39, 0.29) is 5.56 Å². The fraction of sp³-hybridized carbons (Fsp3) is 0.400. The molecule has 0 bridgehead atoms. The summed E-state index contributed by atoms with van der Waals surface area (Å²) in [5.74, 6) is 3.01. The van der Waals surface area contributed by atoms with Crippen LogP contribution < -0.4 is 20.1 Å². The molecule has 2 saturated heterocycles. The van der Waals surface area contributed by atoms with Crippen molar-refractivity contribution < 1.29 is 4.74 Å². The molecular formula is C30H35N7O2. The van der Waals surface area contributed by atoms with E-state index in [1.165, 1.54) is 12.8 Å². The minimum Gasteiger partial charge on any atom is -0.493 e. The zero-order valence-corrected chi connectivity index (χ0v) is 22.4. The zero-order chi connectivity index (χ0) is 26.6. The summed E-state index contributed by atoms with van der Waals surface area (Å²) < 4.78 is 6.22. The molecule has 0 spiro atoms. The zero-order valence-electron chi connectivity index (χ0n) is 22.4. The smallest absolute Gasteiger partial charge is 0.255 e. The Morgan fingerprint density at radius 2 is 1.69 bits per heavy atom. The number of nitrogens with zero attached hydrogens (tertiary/aromatic N) is 6. The number of piperidine rings is 1. The summed E-state index contributed by atoms with van der Waals surface area (Å²) in [4.78, 5) is 36.3. The number of ether oxygens (including phenoxy) is 1. The lowest BCUT2D eigenvalue weighted by molar-refractivity contribution is 0.160. The van der Waals surface area contributed by atoms with Crippen LogP contribution in [0.5, 0.6) is 5.75 Å². The van der Waals surface area contributed by atoms with Crippen LogP contribution in [0, 0.1) is 5.92 Å². The second-order valence-corrected chi connectivity index (χ2v) is 10.6. The van der Waals surface area contributed by atoms with Gasteiger partial charge in [0.2, 0.25) is 5.95 Å². The lowest BCUT2D eigenvalue weighted by Crippen LogP contribution is -2.47. The molecule has 6 rings (SSSR count). The molecule has 4 heterocycles. The predicted molar refractivity (Wildman–Crippen MR) is 154 cm³/mol. The Bertz CT molecular complexity index is 1460. The average Bonchev–Trinajstić information content (AvgIpc) is 2.98. The summed E-state index contributed by atoms with van der Waals surface area (Å²) in [6.07, 6.45) is 6.27. The molecule has 2 aromatic carbocycles. The van der Waals surface area contributed by atoms with Gasteiger partial charge in [-0.1, -0.05) is 30.3 Å². The number of H-pyrrole nitrogens is 1. The minimum atomic E-state index is -0.0825. The van der Waals surface area contributed by atoms with E-state index in [1.807, 2.05) is 42.5 Å². The number of hydrogen-bond acceptors (Lipinski definition) is 8. The molecule has 9 nitrogen and oxygen atoms in total. The molecule has 0 saturated carbocycles. The topological polar surface area (TPSA) is 90.5 Å². The SMILES string of the molecule is CN1CCC(COc2ccc3ncnc(N4CCN(c5ncc(Cc6ccccc6)c(=O)[nH]5)CC4)c3c2)CC1. The summed E-state index contributed by atoms with van der Waals surface area (Å²) in [5.41, 5.74) is 2.60. The van der Waals surface area contributed by atoms with Crippen LogP contribution in [0.25, 0.3) is 10.9 Å². The molecule has 39 heavy (non-hydrogen) atoms. The van der Waals surface area contributed by atoms with Crippen LogP contribution in [0.3, 0.4) is 0 Å². The van der Waals surface area contributed by atoms with Gasteiger partial charge < -0.3 is 19.4 Å². The number of nitrogens with one attached hydrogen (secondary N) is 1. The van der Waals surface area contributed by atoms with Crippen LogP contribution >= 0.6 is 0 Å². The first-order valence-electron chi connectivity index (χ1n) is 13.8. The van der Waals surface area contributed by atoms with Crippen LogP contribution in [-0.2, 0) is 6.42 Å². The molecule has 0 aliphatic carbocycles. The first-order chi connectivity index (χ1) is 19.1. The van der Waals surface area contributed by atoms with Gasteiger partial charge in [-0.25, -0.2) is 15.0 Å². The number of aromatic nitrogens is 4. The van der Waals surface area contributed by atoms with Crippen molar-refractivity contribution in [3.8, 4) is 5.75 Å². The van der Waals surface area contributed by atoms with Gasteiger partial charge in [-0.2, -0.15) is 0 Å². The van der Waals surface area contributed by atoms with Gasteiger partial charge in [0, 0.05) is 49.7 Å². The van der Waals surface area contributed by atoms with E-state index in [2.05, 4.69) is 47.7 Å². The first kappa shape index (κ1) is 25.3. The van der Waals surface area contributed by atoms with E-state index in [0.717, 1.165) is 73.9 Å². The lowest BCUT2D eigenvalue weighted by atomic mass is 9.98. The van der Waals surface area contributed by atoms with E-state index >= 15 is 0 Å². The summed E-state index contributed by atoms with van der Waals surface area (Å²) in [6, 6.07) is 16.1. The van der Waals surface area contributed by atoms with Crippen molar-refractivity contribution in [2.75, 3.05) is 62.7 Å². The Morgan fingerprint density at radius 1 is 0.923 bits per heavy atom. The fourth-order valence-electron chi connectivity index (χ4n) is 5.45. The van der Waals surface area contributed by atoms with Crippen LogP contribution in [0.1, 0.15) is 24.0 Å². The molecule has 202 valence electrons. The maximum absolute atomic E-state index is 12.8. The highest BCUT2D eigenvalue weighted by Gasteiger charge is 2.22. The number of aromatic amines is 1. The van der Waals surface area contributed by atoms with E-state index in [4.69, 9.17) is 4.74 Å². The van der Waals surface area contributed by atoms with Crippen molar-refractivity contribution >= 4 is 22.7 Å². The Balaban J connectivity index is 1.11. The molecule has 0 atom stereocenters. The second kappa shape index (κ2) is 11.4. The maximum Gasteiger partial charge on any atom is 0.255 e. The second-order valence-electron chi connectivity index (χ2n) is 10.6. The molecule has 0 amide bonds. The van der Waals surface area contributed by atoms with Gasteiger partial charge in [0.15, 0.2) is 0 Å². The van der Waals surface area contributed by atoms with E-state index in [9.17, 15) is 4.79 Å². The van der Waals surface area contributed by atoms with Gasteiger partial charge in [0.1, 0.15) is 17.9 Å². The van der Waals surface area contributed by atoms with Crippen LogP contribution in [0.2, 0.25) is 0 Å². The standard InChI is InChI=1S/C30H35N7O2/c1-35-11-9-23(10-12-35)20-39-25-7-8-27-26(18-25)28(33-21-32-27)36-13-15-37(16-14-36)30-31-19-24(29(38)34-30)17-22-5-3-2-4-6-22/h2-8,18-19,21,23H,9-17,20H2,1H3,(H,31,34,38). The van der Waals surface area contributed by atoms with Gasteiger partial charge in [-0.15, -0.1) is 0 Å². The Labute approximate surface area is 228 Å². The van der Waals surface area contributed by atoms with Gasteiger partial charge in [-0.05, 0) is 62.7 Å². The largest absolute Gasteiger partial charge is 0.493 e. The van der Waals surface area contributed by atoms with Gasteiger partial charge in [0.05, 0.1) is 12.1 Å². The van der Waals surface area contributed by atoms with Crippen molar-refractivity contribution in [2.45, 2.75) is 19.3 Å². The number of anilines is 2. The van der Waals surface area contributed by atoms with E-state index < -0.39 is 0 Å². The van der Waals surface area contributed by atoms with Gasteiger partial charge >= 0.3 is 0 Å². The third-order valence-corrected chi connectivity index (χ3v) is 7.89. The van der Waals surface area contributed by atoms with Crippen molar-refractivity contribution in [1.82, 2.24) is 24.8 Å². The summed E-state index contributed by atoms with van der Waals surface area (Å²) in [6.45, 7) is 6.02. The van der Waals surface area contributed by atoms with Crippen LogP contribution in [0.4, 0.5) is 11.8 Å². The third kappa shape index (κ3) is 5.88. The van der Waals surface area contributed by atoms with Crippen molar-refractivity contribution in [3.63, 3.8) is 0 Å². The summed E-state index contributed by atoms with van der Waals surface area (Å²) in [5, 5.41) is 1.00. The predicted octanol–water partition coefficient (Wildman–Crippen LogP) is 3.35. The molecule has 4 aromatic rings. The number of likely N-dealkylation sites (tertiary alicyclic amines) is 1. The van der Waals surface area contributed by atoms with Crippen molar-refractivity contribution in [3.05, 3.63) is 82.5 Å². The van der Waals surface area contributed by atoms with Gasteiger partial charge in [-0.3, -0.25) is 9.78 Å². The van der Waals surface area contributed by atoms with Gasteiger partial charge in [0.25, 0.3) is 5.56 Å². The normalized spacial score (nSPS) is 17.1. The molecule has 0 radical (unpaired) electrons. The quantitative estimate of drug-likeness (QED) is 0.393. The number of piperazine rings is 1. The number of benzene rings is 2. The highest BCUT2D eigenvalue weighted by Crippen LogP contribution is 2.29. The van der Waals surface area contributed by atoms with Crippen molar-refractivity contribution in [1.29, 1.82) is 0 Å². The number of fused-ring (bicyclic) bond motifs is 1. The molecule has 2 aliphatic heterocycles. The molecule has 9 heteroatoms. The summed E-state index contributed by atoms with van der Waals surface area (Å²) in [7, 11) is 2.18. The third-order valence-electron chi connectivity index (χ3n) is 7.89. The van der Waals surface area contributed by atoms with E-state index in [0.29, 0.717) is 23.9 Å². The molecule has 2 fully saturated rings. The molecule has 2 aliphatic rings. The minimum absolute atomic E-state index is 0.0825. The first-order valence-corrected chi connectivity index (χ1v) is 13.8. The lowest BCUT2D eigenvalue weighted by Gasteiger charge is -2.36. The Morgan fingerprint density at radius 3 is 2.46 bits per heavy atom. The Hall–Kier alpha value is -3.98.